The summed E-state index contributed by atoms with van der Waals surface area (Å²) in [6.45, 7) is 8.61. The van der Waals surface area contributed by atoms with E-state index in [0.29, 0.717) is 23.3 Å². The van der Waals surface area contributed by atoms with Gasteiger partial charge in [0.2, 0.25) is 0 Å². The highest BCUT2D eigenvalue weighted by Crippen LogP contribution is 2.64. The van der Waals surface area contributed by atoms with Gasteiger partial charge in [-0.1, -0.05) is 52.0 Å². The maximum Gasteiger partial charge on any atom is 0.315 e. The van der Waals surface area contributed by atoms with Crippen LogP contribution in [-0.4, -0.2) is 11.9 Å². The molecular weight excluding hydrogens is 352 g/mol. The highest BCUT2D eigenvalue weighted by Gasteiger charge is 2.64. The molecule has 144 valence electrons. The summed E-state index contributed by atoms with van der Waals surface area (Å²) in [6, 6.07) is 12.2. The monoisotopic (exact) mass is 376 g/mol. The molecule has 28 heavy (non-hydrogen) atoms. The number of fused-ring (bicyclic) bond motifs is 8. The Morgan fingerprint density at radius 3 is 1.39 bits per heavy atom. The highest BCUT2D eigenvalue weighted by atomic mass is 16.5. The van der Waals surface area contributed by atoms with Crippen LogP contribution in [-0.2, 0) is 9.59 Å². The van der Waals surface area contributed by atoms with Crippen LogP contribution in [0.15, 0.2) is 36.4 Å². The zero-order valence-electron chi connectivity index (χ0n) is 16.6. The van der Waals surface area contributed by atoms with Crippen molar-refractivity contribution in [3.05, 3.63) is 58.7 Å². The van der Waals surface area contributed by atoms with Crippen molar-refractivity contribution >= 4 is 11.9 Å². The van der Waals surface area contributed by atoms with E-state index >= 15 is 0 Å². The number of carbonyl (C=O) groups excluding carboxylic acids is 2. The Morgan fingerprint density at radius 1 is 0.643 bits per heavy atom. The average Bonchev–Trinajstić information content (AvgIpc) is 2.62. The predicted octanol–water partition coefficient (Wildman–Crippen LogP) is 4.88. The molecule has 0 radical (unpaired) electrons. The van der Waals surface area contributed by atoms with Crippen LogP contribution in [0.3, 0.4) is 0 Å². The molecule has 4 heteroatoms. The van der Waals surface area contributed by atoms with Gasteiger partial charge in [0.05, 0.1) is 11.8 Å². The summed E-state index contributed by atoms with van der Waals surface area (Å²) in [6.07, 6.45) is 0. The molecule has 0 N–H and O–H groups in total. The van der Waals surface area contributed by atoms with E-state index in [2.05, 4.69) is 39.8 Å². The number of carbonyl (C=O) groups is 2. The van der Waals surface area contributed by atoms with Crippen LogP contribution in [0.25, 0.3) is 0 Å². The first-order chi connectivity index (χ1) is 13.4. The smallest absolute Gasteiger partial charge is 0.315 e. The highest BCUT2D eigenvalue weighted by molar-refractivity contribution is 5.92. The molecule has 0 bridgehead atoms. The third-order valence-corrected chi connectivity index (χ3v) is 6.63. The van der Waals surface area contributed by atoms with Gasteiger partial charge in [0.1, 0.15) is 11.5 Å². The van der Waals surface area contributed by atoms with Crippen molar-refractivity contribution in [2.45, 2.75) is 51.4 Å². The fourth-order valence-electron chi connectivity index (χ4n) is 5.02. The first-order valence-corrected chi connectivity index (χ1v) is 10.1. The normalized spacial score (nSPS) is 27.2. The van der Waals surface area contributed by atoms with Gasteiger partial charge in [-0.15, -0.1) is 0 Å². The van der Waals surface area contributed by atoms with Gasteiger partial charge in [0.15, 0.2) is 0 Å². The van der Waals surface area contributed by atoms with Crippen LogP contribution in [0.4, 0.5) is 0 Å². The van der Waals surface area contributed by atoms with E-state index in [1.807, 2.05) is 24.3 Å². The minimum absolute atomic E-state index is 0.0334. The molecule has 0 unspecified atom stereocenters. The third kappa shape index (κ3) is 2.30. The molecule has 2 aromatic rings. The molecule has 0 aromatic heterocycles. The van der Waals surface area contributed by atoms with Crippen molar-refractivity contribution in [2.75, 3.05) is 0 Å². The summed E-state index contributed by atoms with van der Waals surface area (Å²) in [7, 11) is 0. The van der Waals surface area contributed by atoms with Gasteiger partial charge in [-0.2, -0.15) is 0 Å². The van der Waals surface area contributed by atoms with E-state index in [0.717, 1.165) is 11.1 Å². The lowest BCUT2D eigenvalue weighted by Gasteiger charge is -2.53. The maximum absolute atomic E-state index is 12.7. The molecule has 0 saturated heterocycles. The Labute approximate surface area is 164 Å². The van der Waals surface area contributed by atoms with Gasteiger partial charge in [0, 0.05) is 11.8 Å². The zero-order valence-corrected chi connectivity index (χ0v) is 16.6. The lowest BCUT2D eigenvalue weighted by Crippen LogP contribution is -2.57. The summed E-state index contributed by atoms with van der Waals surface area (Å²) in [5.41, 5.74) is 4.53. The Bertz CT molecular complexity index is 922. The number of hydrogen-bond donors (Lipinski definition) is 0. The molecule has 4 atom stereocenters. The first kappa shape index (κ1) is 17.5. The van der Waals surface area contributed by atoms with Crippen LogP contribution in [0.1, 0.15) is 73.6 Å². The summed E-state index contributed by atoms with van der Waals surface area (Å²) < 4.78 is 11.2. The molecule has 2 heterocycles. The summed E-state index contributed by atoms with van der Waals surface area (Å²) in [4.78, 5) is 25.4. The topological polar surface area (TPSA) is 52.6 Å². The molecule has 4 nitrogen and oxygen atoms in total. The number of ether oxygens (including phenoxy) is 2. The molecule has 0 amide bonds. The lowest BCUT2D eigenvalue weighted by molar-refractivity contribution is -0.165. The second-order valence-electron chi connectivity index (χ2n) is 8.85. The molecule has 2 aliphatic heterocycles. The van der Waals surface area contributed by atoms with Crippen LogP contribution < -0.4 is 9.47 Å². The Morgan fingerprint density at radius 2 is 1.04 bits per heavy atom. The fourth-order valence-corrected chi connectivity index (χ4v) is 5.02. The summed E-state index contributed by atoms with van der Waals surface area (Å²) in [5, 5.41) is 0. The van der Waals surface area contributed by atoms with Crippen LogP contribution in [0, 0.1) is 11.8 Å². The van der Waals surface area contributed by atoms with E-state index in [1.165, 1.54) is 11.1 Å². The van der Waals surface area contributed by atoms with Gasteiger partial charge < -0.3 is 9.47 Å². The first-order valence-electron chi connectivity index (χ1n) is 10.1. The van der Waals surface area contributed by atoms with E-state index < -0.39 is 11.8 Å². The van der Waals surface area contributed by atoms with Gasteiger partial charge in [-0.05, 0) is 46.2 Å². The molecule has 5 rings (SSSR count). The largest absolute Gasteiger partial charge is 0.426 e. The number of rotatable bonds is 2. The summed E-state index contributed by atoms with van der Waals surface area (Å²) in [5.74, 6) is 0.438. The summed E-state index contributed by atoms with van der Waals surface area (Å²) >= 11 is 0. The Balaban J connectivity index is 1.67. The van der Waals surface area contributed by atoms with E-state index in [-0.39, 0.29) is 23.8 Å². The van der Waals surface area contributed by atoms with Crippen LogP contribution in [0.2, 0.25) is 0 Å². The molecule has 2 aromatic carbocycles. The van der Waals surface area contributed by atoms with Crippen molar-refractivity contribution < 1.29 is 19.1 Å². The van der Waals surface area contributed by atoms with Gasteiger partial charge in [-0.25, -0.2) is 0 Å². The molecule has 3 aliphatic rings. The number of esters is 2. The number of benzene rings is 2. The molecule has 1 fully saturated rings. The fraction of sp³-hybridized carbons (Fsp3) is 0.417. The zero-order chi connectivity index (χ0) is 19.7. The SMILES string of the molecule is CC(C)c1ccc2c(c1)[C@@H]1[C@H](C(=O)O2)[C@H]2C(=O)Oc3ccc(C(C)C)cc3[C@H]21. The number of hydrogen-bond acceptors (Lipinski definition) is 4. The van der Waals surface area contributed by atoms with Crippen molar-refractivity contribution in [1.82, 2.24) is 0 Å². The Kier molecular flexibility index (Phi) is 3.71. The van der Waals surface area contributed by atoms with E-state index in [4.69, 9.17) is 9.47 Å². The van der Waals surface area contributed by atoms with Gasteiger partial charge in [0.25, 0.3) is 0 Å². The van der Waals surface area contributed by atoms with E-state index in [9.17, 15) is 9.59 Å². The third-order valence-electron chi connectivity index (χ3n) is 6.63. The van der Waals surface area contributed by atoms with Gasteiger partial charge in [-0.3, -0.25) is 9.59 Å². The minimum Gasteiger partial charge on any atom is -0.426 e. The quantitative estimate of drug-likeness (QED) is 0.553. The van der Waals surface area contributed by atoms with E-state index in [1.54, 1.807) is 0 Å². The van der Waals surface area contributed by atoms with Crippen molar-refractivity contribution in [3.8, 4) is 11.5 Å². The molecule has 0 spiro atoms. The molecular formula is C24H24O4. The van der Waals surface area contributed by atoms with Crippen molar-refractivity contribution in [2.24, 2.45) is 11.8 Å². The average molecular weight is 376 g/mol. The molecule has 1 saturated carbocycles. The van der Waals surface area contributed by atoms with Crippen LogP contribution >= 0.6 is 0 Å². The molecule has 1 aliphatic carbocycles. The standard InChI is InChI=1S/C24H24O4/c1-11(2)13-5-7-17-15(9-13)19-20-16-10-14(12(3)4)6-8-18(16)28-24(26)22(20)21(19)23(25)27-17/h5-12,19-22H,1-4H3/t19-,20-,21-,22-/m0/s1. The lowest BCUT2D eigenvalue weighted by atomic mass is 9.50. The predicted molar refractivity (Wildman–Crippen MR) is 105 cm³/mol. The van der Waals surface area contributed by atoms with Crippen molar-refractivity contribution in [1.29, 1.82) is 0 Å². The minimum atomic E-state index is -0.455. The Hall–Kier alpha value is -2.62. The second-order valence-corrected chi connectivity index (χ2v) is 8.85. The maximum atomic E-state index is 12.7. The van der Waals surface area contributed by atoms with Crippen molar-refractivity contribution in [3.63, 3.8) is 0 Å². The van der Waals surface area contributed by atoms with Crippen LogP contribution in [0.5, 0.6) is 11.5 Å². The second kappa shape index (κ2) is 5.94. The van der Waals surface area contributed by atoms with Gasteiger partial charge >= 0.3 is 11.9 Å².